The summed E-state index contributed by atoms with van der Waals surface area (Å²) in [7, 11) is 0. The SMILES string of the molecule is [CH]=NC1CNCCO1. The van der Waals surface area contributed by atoms with Crippen molar-refractivity contribution < 1.29 is 4.74 Å². The molecule has 0 amide bonds. The fourth-order valence-electron chi connectivity index (χ4n) is 0.647. The minimum atomic E-state index is -0.122. The third-order valence-corrected chi connectivity index (χ3v) is 1.07. The van der Waals surface area contributed by atoms with E-state index in [-0.39, 0.29) is 6.23 Å². The van der Waals surface area contributed by atoms with E-state index in [0.29, 0.717) is 6.61 Å². The fraction of sp³-hybridized carbons (Fsp3) is 0.800. The Morgan fingerprint density at radius 2 is 2.62 bits per heavy atom. The van der Waals surface area contributed by atoms with Gasteiger partial charge in [-0.1, -0.05) is 0 Å². The van der Waals surface area contributed by atoms with Gasteiger partial charge in [0.25, 0.3) is 0 Å². The third kappa shape index (κ3) is 1.28. The highest BCUT2D eigenvalue weighted by atomic mass is 16.5. The summed E-state index contributed by atoms with van der Waals surface area (Å²) in [5, 5.41) is 3.09. The van der Waals surface area contributed by atoms with E-state index in [2.05, 4.69) is 10.3 Å². The molecule has 0 bridgehead atoms. The van der Waals surface area contributed by atoms with Gasteiger partial charge in [0.1, 0.15) is 0 Å². The number of morpholine rings is 1. The van der Waals surface area contributed by atoms with Crippen LogP contribution in [0.5, 0.6) is 0 Å². The monoisotopic (exact) mass is 113 g/mol. The highest BCUT2D eigenvalue weighted by molar-refractivity contribution is 5.23. The molecule has 0 saturated carbocycles. The Hall–Kier alpha value is -0.410. The number of rotatable bonds is 1. The maximum absolute atomic E-state index is 5.07. The van der Waals surface area contributed by atoms with Crippen molar-refractivity contribution in [3.8, 4) is 0 Å². The number of nitrogens with one attached hydrogen (secondary N) is 1. The van der Waals surface area contributed by atoms with E-state index in [4.69, 9.17) is 11.5 Å². The second kappa shape index (κ2) is 2.79. The van der Waals surface area contributed by atoms with Crippen molar-refractivity contribution >= 4 is 6.72 Å². The van der Waals surface area contributed by atoms with Crippen LogP contribution in [0, 0.1) is 0 Å². The highest BCUT2D eigenvalue weighted by Gasteiger charge is 2.08. The molecule has 1 unspecified atom stereocenters. The molecule has 0 aromatic rings. The molecule has 1 atom stereocenters. The van der Waals surface area contributed by atoms with Gasteiger partial charge in [-0.25, -0.2) is 0 Å². The Morgan fingerprint density at radius 3 is 3.00 bits per heavy atom. The molecule has 1 rings (SSSR count). The molecular formula is C5H9N2O. The van der Waals surface area contributed by atoms with Crippen LogP contribution in [0.25, 0.3) is 0 Å². The molecule has 1 N–H and O–H groups in total. The van der Waals surface area contributed by atoms with Gasteiger partial charge in [0.2, 0.25) is 0 Å². The van der Waals surface area contributed by atoms with E-state index < -0.39 is 0 Å². The molecule has 1 radical (unpaired) electrons. The van der Waals surface area contributed by atoms with E-state index in [1.54, 1.807) is 0 Å². The standard InChI is InChI=1S/C5H9N2O/c1-6-5-4-7-2-3-8-5/h1,5,7H,2-4H2. The molecule has 1 aliphatic heterocycles. The Morgan fingerprint density at radius 1 is 1.75 bits per heavy atom. The first-order chi connectivity index (χ1) is 3.93. The van der Waals surface area contributed by atoms with Crippen molar-refractivity contribution in [3.63, 3.8) is 0 Å². The second-order valence-corrected chi connectivity index (χ2v) is 1.68. The summed E-state index contributed by atoms with van der Waals surface area (Å²) in [5.74, 6) is 0. The lowest BCUT2D eigenvalue weighted by Gasteiger charge is -2.18. The van der Waals surface area contributed by atoms with E-state index in [1.165, 1.54) is 0 Å². The van der Waals surface area contributed by atoms with Gasteiger partial charge in [0.05, 0.1) is 6.61 Å². The zero-order chi connectivity index (χ0) is 5.82. The number of hydrogen-bond acceptors (Lipinski definition) is 3. The molecule has 1 saturated heterocycles. The molecule has 0 aliphatic carbocycles. The van der Waals surface area contributed by atoms with Gasteiger partial charge >= 0.3 is 0 Å². The summed E-state index contributed by atoms with van der Waals surface area (Å²) in [6.07, 6.45) is -0.122. The van der Waals surface area contributed by atoms with Crippen LogP contribution < -0.4 is 5.32 Å². The largest absolute Gasteiger partial charge is 0.354 e. The average molecular weight is 113 g/mol. The van der Waals surface area contributed by atoms with Crippen molar-refractivity contribution in [3.05, 3.63) is 0 Å². The normalized spacial score (nSPS) is 29.8. The summed E-state index contributed by atoms with van der Waals surface area (Å²) in [6, 6.07) is 0. The van der Waals surface area contributed by atoms with Crippen molar-refractivity contribution in [2.45, 2.75) is 6.23 Å². The number of hydrogen-bond donors (Lipinski definition) is 1. The molecule has 3 heteroatoms. The van der Waals surface area contributed by atoms with Crippen molar-refractivity contribution in [2.75, 3.05) is 19.7 Å². The van der Waals surface area contributed by atoms with Crippen molar-refractivity contribution in [1.29, 1.82) is 0 Å². The van der Waals surface area contributed by atoms with Crippen LogP contribution in [-0.4, -0.2) is 32.6 Å². The Labute approximate surface area is 48.8 Å². The van der Waals surface area contributed by atoms with Gasteiger partial charge in [-0.05, 0) is 0 Å². The third-order valence-electron chi connectivity index (χ3n) is 1.07. The second-order valence-electron chi connectivity index (χ2n) is 1.68. The number of nitrogens with zero attached hydrogens (tertiary/aromatic N) is 1. The zero-order valence-electron chi connectivity index (χ0n) is 4.63. The van der Waals surface area contributed by atoms with Crippen LogP contribution >= 0.6 is 0 Å². The van der Waals surface area contributed by atoms with Crippen molar-refractivity contribution in [1.82, 2.24) is 5.32 Å². The van der Waals surface area contributed by atoms with Gasteiger partial charge in [0, 0.05) is 19.8 Å². The van der Waals surface area contributed by atoms with E-state index in [1.807, 2.05) is 0 Å². The highest BCUT2D eigenvalue weighted by Crippen LogP contribution is 1.94. The van der Waals surface area contributed by atoms with Crippen LogP contribution in [0.2, 0.25) is 0 Å². The van der Waals surface area contributed by atoms with Crippen LogP contribution in [0.3, 0.4) is 0 Å². The molecule has 0 aromatic carbocycles. The number of aliphatic imine (C=N–C) groups is 1. The molecule has 3 nitrogen and oxygen atoms in total. The predicted octanol–water partition coefficient (Wildman–Crippen LogP) is -0.490. The van der Waals surface area contributed by atoms with Crippen LogP contribution in [0.4, 0.5) is 0 Å². The summed E-state index contributed by atoms with van der Waals surface area (Å²) < 4.78 is 5.07. The average Bonchev–Trinajstić information content (AvgIpc) is 1.90. The summed E-state index contributed by atoms with van der Waals surface area (Å²) in [6.45, 7) is 7.33. The van der Waals surface area contributed by atoms with Crippen molar-refractivity contribution in [2.24, 2.45) is 4.99 Å². The van der Waals surface area contributed by atoms with E-state index in [9.17, 15) is 0 Å². The van der Waals surface area contributed by atoms with E-state index >= 15 is 0 Å². The number of ether oxygens (including phenoxy) is 1. The Kier molecular flexibility index (Phi) is 2.00. The fourth-order valence-corrected chi connectivity index (χ4v) is 0.647. The lowest BCUT2D eigenvalue weighted by atomic mass is 10.5. The van der Waals surface area contributed by atoms with E-state index in [0.717, 1.165) is 13.1 Å². The quantitative estimate of drug-likeness (QED) is 0.465. The molecule has 1 aliphatic rings. The Balaban J connectivity index is 2.22. The molecule has 1 heterocycles. The van der Waals surface area contributed by atoms with Gasteiger partial charge in [0.15, 0.2) is 6.23 Å². The summed E-state index contributed by atoms with van der Waals surface area (Å²) in [4.78, 5) is 3.46. The summed E-state index contributed by atoms with van der Waals surface area (Å²) >= 11 is 0. The maximum atomic E-state index is 5.07. The molecule has 45 valence electrons. The molecule has 0 spiro atoms. The van der Waals surface area contributed by atoms with Gasteiger partial charge in [-0.2, -0.15) is 0 Å². The summed E-state index contributed by atoms with van der Waals surface area (Å²) in [5.41, 5.74) is 0. The minimum absolute atomic E-state index is 0.122. The Bertz CT molecular complexity index is 78.5. The molecule has 0 aromatic heterocycles. The van der Waals surface area contributed by atoms with Crippen LogP contribution in [0.1, 0.15) is 0 Å². The lowest BCUT2D eigenvalue weighted by molar-refractivity contribution is 0.0354. The first-order valence-electron chi connectivity index (χ1n) is 2.66. The minimum Gasteiger partial charge on any atom is -0.354 e. The molecule has 1 fully saturated rings. The predicted molar refractivity (Wildman–Crippen MR) is 31.1 cm³/mol. The van der Waals surface area contributed by atoms with Gasteiger partial charge in [-0.3, -0.25) is 4.99 Å². The van der Waals surface area contributed by atoms with Gasteiger partial charge in [-0.15, -0.1) is 0 Å². The maximum Gasteiger partial charge on any atom is 0.160 e. The topological polar surface area (TPSA) is 33.6 Å². The molecular weight excluding hydrogens is 104 g/mol. The first-order valence-corrected chi connectivity index (χ1v) is 2.66. The van der Waals surface area contributed by atoms with Gasteiger partial charge < -0.3 is 10.1 Å². The first kappa shape index (κ1) is 5.72. The molecule has 8 heavy (non-hydrogen) atoms. The van der Waals surface area contributed by atoms with Crippen LogP contribution in [0.15, 0.2) is 4.99 Å². The zero-order valence-corrected chi connectivity index (χ0v) is 4.63. The van der Waals surface area contributed by atoms with Crippen LogP contribution in [-0.2, 0) is 4.74 Å². The smallest absolute Gasteiger partial charge is 0.160 e. The lowest BCUT2D eigenvalue weighted by Crippen LogP contribution is -2.37.